The van der Waals surface area contributed by atoms with E-state index in [9.17, 15) is 4.21 Å². The van der Waals surface area contributed by atoms with Crippen LogP contribution in [-0.4, -0.2) is 9.96 Å². The molecular weight excluding hydrogens is 262 g/mol. The molecule has 1 heterocycles. The van der Waals surface area contributed by atoms with E-state index in [-0.39, 0.29) is 0 Å². The lowest BCUT2D eigenvalue weighted by Gasteiger charge is -2.35. The molecule has 0 aromatic heterocycles. The summed E-state index contributed by atoms with van der Waals surface area (Å²) in [6, 6.07) is 9.75. The number of allylic oxidation sites excluding steroid dienone is 1. The highest BCUT2D eigenvalue weighted by Crippen LogP contribution is 2.47. The van der Waals surface area contributed by atoms with Gasteiger partial charge in [0.25, 0.3) is 0 Å². The molecule has 2 nitrogen and oxygen atoms in total. The van der Waals surface area contributed by atoms with Crippen LogP contribution in [0.25, 0.3) is 0 Å². The molecule has 1 aliphatic heterocycles. The molecule has 1 aliphatic rings. The van der Waals surface area contributed by atoms with Crippen LogP contribution in [0.3, 0.4) is 0 Å². The zero-order valence-corrected chi connectivity index (χ0v) is 12.1. The van der Waals surface area contributed by atoms with Gasteiger partial charge in [0.1, 0.15) is 9.48 Å². The summed E-state index contributed by atoms with van der Waals surface area (Å²) in [7, 11) is -1.06. The van der Waals surface area contributed by atoms with Gasteiger partial charge in [-0.15, -0.1) is 0 Å². The quantitative estimate of drug-likeness (QED) is 0.613. The molecule has 0 saturated carbocycles. The fourth-order valence-corrected chi connectivity index (χ4v) is 5.16. The van der Waals surface area contributed by atoms with Crippen molar-refractivity contribution in [3.63, 3.8) is 0 Å². The predicted molar refractivity (Wildman–Crippen MR) is 77.3 cm³/mol. The lowest BCUT2D eigenvalue weighted by Crippen LogP contribution is -2.33. The number of thiocyanates is 1. The lowest BCUT2D eigenvalue weighted by molar-refractivity contribution is 0.658. The van der Waals surface area contributed by atoms with E-state index in [0.717, 1.165) is 17.3 Å². The van der Waals surface area contributed by atoms with Crippen LogP contribution in [0.4, 0.5) is 0 Å². The molecule has 0 aliphatic carbocycles. The van der Waals surface area contributed by atoms with Crippen molar-refractivity contribution in [2.45, 2.75) is 24.3 Å². The summed E-state index contributed by atoms with van der Waals surface area (Å²) in [5.74, 6) is 0.565. The molecule has 1 aromatic rings. The number of rotatable bonds is 2. The van der Waals surface area contributed by atoms with Gasteiger partial charge in [-0.2, -0.15) is 5.26 Å². The minimum Gasteiger partial charge on any atom is -0.257 e. The summed E-state index contributed by atoms with van der Waals surface area (Å²) in [6.45, 7) is 4.10. The van der Waals surface area contributed by atoms with Gasteiger partial charge in [-0.3, -0.25) is 4.21 Å². The van der Waals surface area contributed by atoms with Crippen LogP contribution in [0.1, 0.15) is 25.8 Å². The molecule has 0 radical (unpaired) electrons. The first-order valence-corrected chi connectivity index (χ1v) is 7.90. The first-order valence-electron chi connectivity index (χ1n) is 5.76. The highest BCUT2D eigenvalue weighted by atomic mass is 32.2. The summed E-state index contributed by atoms with van der Waals surface area (Å²) in [4.78, 5) is 0. The fraction of sp³-hybridized carbons (Fsp3) is 0.357. The van der Waals surface area contributed by atoms with Crippen LogP contribution in [0.15, 0.2) is 41.5 Å². The maximum Gasteiger partial charge on any atom is 0.135 e. The number of nitriles is 1. The maximum atomic E-state index is 12.6. The number of hydrogen-bond donors (Lipinski definition) is 0. The maximum absolute atomic E-state index is 12.6. The van der Waals surface area contributed by atoms with Gasteiger partial charge in [-0.1, -0.05) is 41.5 Å². The highest BCUT2D eigenvalue weighted by Gasteiger charge is 2.42. The molecule has 0 spiro atoms. The second-order valence-corrected chi connectivity index (χ2v) is 7.56. The zero-order valence-electron chi connectivity index (χ0n) is 10.5. The number of hydrogen-bond acceptors (Lipinski definition) is 3. The molecule has 4 heteroatoms. The fourth-order valence-electron chi connectivity index (χ4n) is 2.16. The van der Waals surface area contributed by atoms with Crippen LogP contribution in [0.5, 0.6) is 0 Å². The molecule has 0 saturated heterocycles. The standard InChI is InChI=1S/C14H15NOS2/c1-11-8-14(17-10-15,18(16)9-12(11)2)13-6-4-3-5-7-13/h3-7H,8-9H2,1-2H3/t14-,18?/m1/s1. The average molecular weight is 277 g/mol. The van der Waals surface area contributed by atoms with E-state index in [1.165, 1.54) is 11.1 Å². The lowest BCUT2D eigenvalue weighted by atomic mass is 10.0. The van der Waals surface area contributed by atoms with E-state index in [1.807, 2.05) is 37.3 Å². The van der Waals surface area contributed by atoms with E-state index >= 15 is 0 Å². The second kappa shape index (κ2) is 5.29. The van der Waals surface area contributed by atoms with Gasteiger partial charge in [-0.05, 0) is 37.6 Å². The summed E-state index contributed by atoms with van der Waals surface area (Å²) in [6.07, 6.45) is 0.688. The van der Waals surface area contributed by atoms with Crippen molar-refractivity contribution in [2.24, 2.45) is 0 Å². The van der Waals surface area contributed by atoms with Crippen molar-refractivity contribution >= 4 is 22.6 Å². The van der Waals surface area contributed by atoms with Crippen molar-refractivity contribution in [1.29, 1.82) is 5.26 Å². The van der Waals surface area contributed by atoms with E-state index in [1.54, 1.807) is 0 Å². The molecule has 2 atom stereocenters. The molecule has 94 valence electrons. The molecule has 0 fully saturated rings. The third-order valence-corrected chi connectivity index (χ3v) is 6.79. The monoisotopic (exact) mass is 277 g/mol. The first kappa shape index (κ1) is 13.4. The molecule has 0 N–H and O–H groups in total. The molecule has 1 unspecified atom stereocenters. The minimum absolute atomic E-state index is 0.565. The largest absolute Gasteiger partial charge is 0.257 e. The SMILES string of the molecule is CC1=C(C)C[C@](SC#N)(c2ccccc2)S(=O)C1. The second-order valence-electron chi connectivity index (χ2n) is 4.54. The Bertz CT molecular complexity index is 545. The van der Waals surface area contributed by atoms with Crippen molar-refractivity contribution in [3.05, 3.63) is 47.0 Å². The average Bonchev–Trinajstić information content (AvgIpc) is 2.37. The summed E-state index contributed by atoms with van der Waals surface area (Å²) >= 11 is 1.14. The van der Waals surface area contributed by atoms with Gasteiger partial charge in [0.2, 0.25) is 0 Å². The number of thioether (sulfide) groups is 1. The molecule has 0 amide bonds. The number of nitrogens with zero attached hydrogens (tertiary/aromatic N) is 1. The van der Waals surface area contributed by atoms with E-state index < -0.39 is 14.9 Å². The van der Waals surface area contributed by atoms with Crippen LogP contribution in [0.2, 0.25) is 0 Å². The van der Waals surface area contributed by atoms with Gasteiger partial charge in [0.05, 0.1) is 0 Å². The Hall–Kier alpha value is -1.05. The van der Waals surface area contributed by atoms with Crippen LogP contribution < -0.4 is 0 Å². The minimum atomic E-state index is -1.06. The first-order chi connectivity index (χ1) is 8.60. The van der Waals surface area contributed by atoms with Crippen molar-refractivity contribution in [1.82, 2.24) is 0 Å². The number of benzene rings is 1. The summed E-state index contributed by atoms with van der Waals surface area (Å²) < 4.78 is 12.0. The zero-order chi connectivity index (χ0) is 13.2. The predicted octanol–water partition coefficient (Wildman–Crippen LogP) is 3.54. The topological polar surface area (TPSA) is 40.9 Å². The Balaban J connectivity index is 2.53. The Kier molecular flexibility index (Phi) is 3.94. The van der Waals surface area contributed by atoms with Gasteiger partial charge in [0, 0.05) is 16.6 Å². The molecule has 0 bridgehead atoms. The molecule has 1 aromatic carbocycles. The molecule has 18 heavy (non-hydrogen) atoms. The summed E-state index contributed by atoms with van der Waals surface area (Å²) in [5, 5.41) is 11.2. The highest BCUT2D eigenvalue weighted by molar-refractivity contribution is 8.14. The van der Waals surface area contributed by atoms with Gasteiger partial charge in [-0.25, -0.2) is 0 Å². The Labute approximate surface area is 115 Å². The van der Waals surface area contributed by atoms with Crippen molar-refractivity contribution < 1.29 is 4.21 Å². The Morgan fingerprint density at radius 1 is 1.28 bits per heavy atom. The molecule has 2 rings (SSSR count). The van der Waals surface area contributed by atoms with Crippen molar-refractivity contribution in [2.75, 3.05) is 5.75 Å². The van der Waals surface area contributed by atoms with E-state index in [2.05, 4.69) is 12.3 Å². The third-order valence-electron chi connectivity index (χ3n) is 3.37. The van der Waals surface area contributed by atoms with Crippen LogP contribution >= 0.6 is 11.8 Å². The van der Waals surface area contributed by atoms with Crippen LogP contribution in [0, 0.1) is 10.7 Å². The van der Waals surface area contributed by atoms with Crippen molar-refractivity contribution in [3.8, 4) is 5.40 Å². The normalized spacial score (nSPS) is 27.9. The van der Waals surface area contributed by atoms with Gasteiger partial charge in [0.15, 0.2) is 0 Å². The van der Waals surface area contributed by atoms with Gasteiger partial charge >= 0.3 is 0 Å². The smallest absolute Gasteiger partial charge is 0.135 e. The van der Waals surface area contributed by atoms with Gasteiger partial charge < -0.3 is 0 Å². The summed E-state index contributed by atoms with van der Waals surface area (Å²) in [5.41, 5.74) is 3.43. The third kappa shape index (κ3) is 2.25. The van der Waals surface area contributed by atoms with E-state index in [4.69, 9.17) is 5.26 Å². The molecular formula is C14H15NOS2. The Morgan fingerprint density at radius 3 is 2.56 bits per heavy atom. The van der Waals surface area contributed by atoms with Crippen LogP contribution in [-0.2, 0) is 14.9 Å². The Morgan fingerprint density at radius 2 is 1.94 bits per heavy atom. The van der Waals surface area contributed by atoms with E-state index in [0.29, 0.717) is 12.2 Å².